The van der Waals surface area contributed by atoms with Crippen LogP contribution in [-0.4, -0.2) is 44.3 Å². The van der Waals surface area contributed by atoms with Crippen LogP contribution in [0, 0.1) is 23.7 Å². The van der Waals surface area contributed by atoms with E-state index in [4.69, 9.17) is 20.4 Å². The second-order valence-electron chi connectivity index (χ2n) is 4.35. The molecule has 0 aliphatic heterocycles. The van der Waals surface area contributed by atoms with Gasteiger partial charge in [-0.1, -0.05) is 13.0 Å². The van der Waals surface area contributed by atoms with Gasteiger partial charge in [-0.25, -0.2) is 0 Å². The average Bonchev–Trinajstić information content (AvgIpc) is 2.31. The Labute approximate surface area is 126 Å². The molecule has 0 bridgehead atoms. The number of carboxylic acid groups (broad SMARTS) is 4. The van der Waals surface area contributed by atoms with Gasteiger partial charge >= 0.3 is 23.9 Å². The van der Waals surface area contributed by atoms with Crippen LogP contribution in [0.1, 0.15) is 13.3 Å². The molecular weight excluding hydrogens is 308 g/mol. The lowest BCUT2D eigenvalue weighted by molar-refractivity contribution is -0.158. The van der Waals surface area contributed by atoms with Gasteiger partial charge in [0.05, 0.1) is 23.7 Å². The Morgan fingerprint density at radius 2 is 1.33 bits per heavy atom. The maximum Gasteiger partial charge on any atom is 0.311 e. The van der Waals surface area contributed by atoms with Crippen molar-refractivity contribution in [2.24, 2.45) is 23.7 Å². The van der Waals surface area contributed by atoms with Crippen molar-refractivity contribution in [2.45, 2.75) is 13.3 Å². The molecule has 4 N–H and O–H groups in total. The fraction of sp³-hybridized carbons (Fsp3) is 0.500. The minimum Gasteiger partial charge on any atom is -0.481 e. The van der Waals surface area contributed by atoms with Crippen LogP contribution in [-0.2, 0) is 19.2 Å². The number of rotatable bonds is 9. The standard InChI is InChI=1S/C12H16O8.ClH/c1-3-6(10(15)16)8(12(19)20)4-7(11(17)18)5(2)9(13)14;/h3,5-8H,1,4H2,2H3,(H,13,14)(H,15,16)(H,17,18)(H,19,20);1H. The van der Waals surface area contributed by atoms with Gasteiger partial charge in [-0.15, -0.1) is 19.0 Å². The molecule has 120 valence electrons. The van der Waals surface area contributed by atoms with E-state index in [9.17, 15) is 19.2 Å². The fourth-order valence-corrected chi connectivity index (χ4v) is 1.80. The summed E-state index contributed by atoms with van der Waals surface area (Å²) in [6.07, 6.45) is 0.284. The summed E-state index contributed by atoms with van der Waals surface area (Å²) in [5.74, 6) is -11.8. The predicted octanol–water partition coefficient (Wildman–Crippen LogP) is 0.807. The summed E-state index contributed by atoms with van der Waals surface area (Å²) in [6, 6.07) is 0. The van der Waals surface area contributed by atoms with Crippen LogP contribution in [0.15, 0.2) is 12.7 Å². The Morgan fingerprint density at radius 3 is 1.57 bits per heavy atom. The summed E-state index contributed by atoms with van der Waals surface area (Å²) in [5.41, 5.74) is 0. The lowest BCUT2D eigenvalue weighted by Gasteiger charge is -2.23. The van der Waals surface area contributed by atoms with Crippen LogP contribution in [0.25, 0.3) is 0 Å². The second-order valence-corrected chi connectivity index (χ2v) is 4.35. The molecule has 0 saturated heterocycles. The van der Waals surface area contributed by atoms with Gasteiger partial charge < -0.3 is 20.4 Å². The van der Waals surface area contributed by atoms with Crippen molar-refractivity contribution in [2.75, 3.05) is 0 Å². The maximum atomic E-state index is 11.1. The molecule has 21 heavy (non-hydrogen) atoms. The highest BCUT2D eigenvalue weighted by molar-refractivity contribution is 5.85. The third-order valence-corrected chi connectivity index (χ3v) is 3.11. The zero-order chi connectivity index (χ0) is 16.0. The highest BCUT2D eigenvalue weighted by Crippen LogP contribution is 2.27. The van der Waals surface area contributed by atoms with E-state index < -0.39 is 54.0 Å². The lowest BCUT2D eigenvalue weighted by Crippen LogP contribution is -2.36. The van der Waals surface area contributed by atoms with Crippen molar-refractivity contribution >= 4 is 36.3 Å². The van der Waals surface area contributed by atoms with Gasteiger partial charge in [-0.2, -0.15) is 0 Å². The molecule has 0 amide bonds. The molecule has 4 atom stereocenters. The van der Waals surface area contributed by atoms with Gasteiger partial charge in [0.2, 0.25) is 0 Å². The van der Waals surface area contributed by atoms with E-state index in [-0.39, 0.29) is 12.4 Å². The van der Waals surface area contributed by atoms with Gasteiger partial charge in [0.1, 0.15) is 0 Å². The smallest absolute Gasteiger partial charge is 0.311 e. The molecule has 0 fully saturated rings. The number of hydrogen-bond donors (Lipinski definition) is 4. The molecule has 0 heterocycles. The molecule has 0 rings (SSSR count). The van der Waals surface area contributed by atoms with E-state index in [0.29, 0.717) is 0 Å². The zero-order valence-corrected chi connectivity index (χ0v) is 11.9. The normalized spacial score (nSPS) is 15.7. The highest BCUT2D eigenvalue weighted by atomic mass is 35.5. The first kappa shape index (κ1) is 21.2. The first-order valence-electron chi connectivity index (χ1n) is 5.67. The molecule has 0 radical (unpaired) electrons. The molecule has 8 nitrogen and oxygen atoms in total. The molecule has 0 aliphatic carbocycles. The summed E-state index contributed by atoms with van der Waals surface area (Å²) < 4.78 is 0. The number of carboxylic acids is 4. The average molecular weight is 325 g/mol. The monoisotopic (exact) mass is 324 g/mol. The van der Waals surface area contributed by atoms with Gasteiger partial charge in [0, 0.05) is 0 Å². The molecule has 0 aromatic rings. The van der Waals surface area contributed by atoms with Crippen molar-refractivity contribution in [3.05, 3.63) is 12.7 Å². The summed E-state index contributed by atoms with van der Waals surface area (Å²) in [5, 5.41) is 35.7. The van der Waals surface area contributed by atoms with E-state index in [1.807, 2.05) is 0 Å². The first-order chi connectivity index (χ1) is 9.13. The second kappa shape index (κ2) is 8.96. The number of aliphatic carboxylic acids is 4. The SMILES string of the molecule is C=CC(C(=O)O)C(CC(C(=O)O)C(C)C(=O)O)C(=O)O.Cl. The van der Waals surface area contributed by atoms with E-state index >= 15 is 0 Å². The van der Waals surface area contributed by atoms with Crippen molar-refractivity contribution < 1.29 is 39.6 Å². The summed E-state index contributed by atoms with van der Waals surface area (Å²) in [4.78, 5) is 43.9. The number of hydrogen-bond acceptors (Lipinski definition) is 4. The van der Waals surface area contributed by atoms with Crippen LogP contribution >= 0.6 is 12.4 Å². The van der Waals surface area contributed by atoms with Crippen LogP contribution in [0.5, 0.6) is 0 Å². The third-order valence-electron chi connectivity index (χ3n) is 3.11. The van der Waals surface area contributed by atoms with E-state index in [0.717, 1.165) is 13.0 Å². The van der Waals surface area contributed by atoms with E-state index in [2.05, 4.69) is 6.58 Å². The van der Waals surface area contributed by atoms with Crippen molar-refractivity contribution in [1.82, 2.24) is 0 Å². The Balaban J connectivity index is 0. The molecular formula is C12H17ClO8. The zero-order valence-electron chi connectivity index (χ0n) is 11.1. The topological polar surface area (TPSA) is 149 Å². The maximum absolute atomic E-state index is 11.1. The minimum atomic E-state index is -1.56. The van der Waals surface area contributed by atoms with E-state index in [1.165, 1.54) is 0 Å². The fourth-order valence-electron chi connectivity index (χ4n) is 1.80. The van der Waals surface area contributed by atoms with Gasteiger partial charge in [-0.05, 0) is 6.42 Å². The van der Waals surface area contributed by atoms with Crippen LogP contribution in [0.4, 0.5) is 0 Å². The number of halogens is 1. The summed E-state index contributed by atoms with van der Waals surface area (Å²) >= 11 is 0. The Hall–Kier alpha value is -2.09. The van der Waals surface area contributed by atoms with Gasteiger partial charge in [0.25, 0.3) is 0 Å². The molecule has 0 saturated carbocycles. The van der Waals surface area contributed by atoms with Crippen LogP contribution in [0.3, 0.4) is 0 Å². The highest BCUT2D eigenvalue weighted by Gasteiger charge is 2.39. The molecule has 4 unspecified atom stereocenters. The first-order valence-corrected chi connectivity index (χ1v) is 5.67. The Bertz CT molecular complexity index is 433. The number of carbonyl (C=O) groups is 4. The largest absolute Gasteiger partial charge is 0.481 e. The molecule has 0 spiro atoms. The van der Waals surface area contributed by atoms with Crippen LogP contribution < -0.4 is 0 Å². The Kier molecular flexibility index (Phi) is 9.05. The molecule has 0 aromatic heterocycles. The van der Waals surface area contributed by atoms with Crippen molar-refractivity contribution in [1.29, 1.82) is 0 Å². The summed E-state index contributed by atoms with van der Waals surface area (Å²) in [7, 11) is 0. The third kappa shape index (κ3) is 5.82. The Morgan fingerprint density at radius 1 is 0.905 bits per heavy atom. The van der Waals surface area contributed by atoms with Crippen molar-refractivity contribution in [3.63, 3.8) is 0 Å². The molecule has 0 aromatic carbocycles. The molecule has 0 aliphatic rings. The van der Waals surface area contributed by atoms with Crippen molar-refractivity contribution in [3.8, 4) is 0 Å². The van der Waals surface area contributed by atoms with Gasteiger partial charge in [-0.3, -0.25) is 19.2 Å². The minimum absolute atomic E-state index is 0. The summed E-state index contributed by atoms with van der Waals surface area (Å²) in [6.45, 7) is 4.34. The molecule has 9 heteroatoms. The quantitative estimate of drug-likeness (QED) is 0.455. The van der Waals surface area contributed by atoms with Crippen LogP contribution in [0.2, 0.25) is 0 Å². The lowest BCUT2D eigenvalue weighted by atomic mass is 9.79. The van der Waals surface area contributed by atoms with Gasteiger partial charge in [0.15, 0.2) is 0 Å². The van der Waals surface area contributed by atoms with E-state index in [1.54, 1.807) is 0 Å². The predicted molar refractivity (Wildman–Crippen MR) is 72.2 cm³/mol.